The lowest BCUT2D eigenvalue weighted by Crippen LogP contribution is -1.86. The fraction of sp³-hybridized carbons (Fsp3) is 0.429. The van der Waals surface area contributed by atoms with Crippen LogP contribution in [0, 0.1) is 0 Å². The smallest absolute Gasteiger partial charge is 0.218 e. The number of hydrogen-bond donors (Lipinski definition) is 2. The molecule has 0 amide bonds. The molecular weight excluding hydrogens is 168 g/mol. The largest absolute Gasteiger partial charge is 0.263 e. The van der Waals surface area contributed by atoms with Gasteiger partial charge in [0, 0.05) is 6.42 Å². The van der Waals surface area contributed by atoms with E-state index in [0.717, 1.165) is 18.7 Å². The Kier molecular flexibility index (Phi) is 2.03. The summed E-state index contributed by atoms with van der Waals surface area (Å²) in [7, 11) is 0. The fourth-order valence-corrected chi connectivity index (χ4v) is 1.06. The van der Waals surface area contributed by atoms with Crippen LogP contribution in [-0.4, -0.2) is 30.4 Å². The Morgan fingerprint density at radius 1 is 1.38 bits per heavy atom. The van der Waals surface area contributed by atoms with Crippen LogP contribution in [0.3, 0.4) is 0 Å². The third-order valence-corrected chi connectivity index (χ3v) is 1.65. The second-order valence-electron chi connectivity index (χ2n) is 2.69. The van der Waals surface area contributed by atoms with Gasteiger partial charge in [0.15, 0.2) is 5.82 Å². The minimum absolute atomic E-state index is 0.570. The molecule has 6 heteroatoms. The Labute approximate surface area is 74.8 Å². The lowest BCUT2D eigenvalue weighted by Gasteiger charge is -1.86. The van der Waals surface area contributed by atoms with Crippen molar-refractivity contribution in [3.05, 3.63) is 12.2 Å². The van der Waals surface area contributed by atoms with Gasteiger partial charge in [-0.15, -0.1) is 0 Å². The van der Waals surface area contributed by atoms with E-state index in [9.17, 15) is 0 Å². The molecule has 0 aliphatic rings. The highest BCUT2D eigenvalue weighted by atomic mass is 15.3. The van der Waals surface area contributed by atoms with Crippen LogP contribution in [0.1, 0.15) is 19.2 Å². The van der Waals surface area contributed by atoms with Crippen LogP contribution in [0.15, 0.2) is 6.33 Å². The van der Waals surface area contributed by atoms with Crippen molar-refractivity contribution >= 4 is 0 Å². The molecule has 0 saturated heterocycles. The molecular formula is C7H10N6. The van der Waals surface area contributed by atoms with Gasteiger partial charge in [0.05, 0.1) is 0 Å². The first-order valence-corrected chi connectivity index (χ1v) is 4.17. The minimum Gasteiger partial charge on any atom is -0.263 e. The Morgan fingerprint density at radius 2 is 2.31 bits per heavy atom. The first-order valence-electron chi connectivity index (χ1n) is 4.17. The monoisotopic (exact) mass is 178 g/mol. The van der Waals surface area contributed by atoms with Crippen LogP contribution in [0.25, 0.3) is 11.6 Å². The molecule has 2 aromatic rings. The Bertz CT molecular complexity index is 362. The van der Waals surface area contributed by atoms with Gasteiger partial charge in [0.25, 0.3) is 0 Å². The molecule has 0 bridgehead atoms. The fourth-order valence-electron chi connectivity index (χ4n) is 1.06. The second-order valence-corrected chi connectivity index (χ2v) is 2.69. The number of nitrogens with one attached hydrogen (secondary N) is 2. The highest BCUT2D eigenvalue weighted by Gasteiger charge is 2.06. The van der Waals surface area contributed by atoms with Crippen LogP contribution < -0.4 is 0 Å². The van der Waals surface area contributed by atoms with Crippen LogP contribution in [0.2, 0.25) is 0 Å². The topological polar surface area (TPSA) is 83.1 Å². The van der Waals surface area contributed by atoms with Gasteiger partial charge in [-0.3, -0.25) is 10.2 Å². The number of rotatable bonds is 3. The van der Waals surface area contributed by atoms with Crippen molar-refractivity contribution in [2.75, 3.05) is 0 Å². The third kappa shape index (κ3) is 1.56. The van der Waals surface area contributed by atoms with E-state index in [2.05, 4.69) is 37.3 Å². The van der Waals surface area contributed by atoms with Gasteiger partial charge >= 0.3 is 0 Å². The van der Waals surface area contributed by atoms with Crippen molar-refractivity contribution in [3.8, 4) is 11.6 Å². The predicted octanol–water partition coefficient (Wildman–Crippen LogP) is 0.542. The highest BCUT2D eigenvalue weighted by Crippen LogP contribution is 2.06. The van der Waals surface area contributed by atoms with Crippen LogP contribution >= 0.6 is 0 Å². The van der Waals surface area contributed by atoms with Crippen molar-refractivity contribution in [1.82, 2.24) is 30.4 Å². The van der Waals surface area contributed by atoms with E-state index in [4.69, 9.17) is 0 Å². The molecule has 2 rings (SSSR count). The molecule has 0 spiro atoms. The maximum Gasteiger partial charge on any atom is 0.218 e. The van der Waals surface area contributed by atoms with Gasteiger partial charge in [0.2, 0.25) is 5.82 Å². The molecule has 6 nitrogen and oxygen atoms in total. The lowest BCUT2D eigenvalue weighted by atomic mass is 10.3. The molecule has 0 radical (unpaired) electrons. The van der Waals surface area contributed by atoms with Crippen LogP contribution in [0.4, 0.5) is 0 Å². The predicted molar refractivity (Wildman–Crippen MR) is 45.8 cm³/mol. The van der Waals surface area contributed by atoms with Crippen LogP contribution in [0.5, 0.6) is 0 Å². The van der Waals surface area contributed by atoms with E-state index >= 15 is 0 Å². The van der Waals surface area contributed by atoms with E-state index in [-0.39, 0.29) is 0 Å². The quantitative estimate of drug-likeness (QED) is 0.718. The minimum atomic E-state index is 0.570. The van der Waals surface area contributed by atoms with Crippen molar-refractivity contribution in [2.45, 2.75) is 19.8 Å². The van der Waals surface area contributed by atoms with E-state index in [0.29, 0.717) is 11.6 Å². The maximum atomic E-state index is 4.24. The summed E-state index contributed by atoms with van der Waals surface area (Å²) < 4.78 is 0. The summed E-state index contributed by atoms with van der Waals surface area (Å²) in [5.41, 5.74) is 0. The molecule has 2 aromatic heterocycles. The standard InChI is InChI=1S/C7H10N6/c1-2-3-5-10-7(13-11-5)6-8-4-9-12-6/h4H,2-3H2,1H3,(H,8,9,12)(H,10,11,13). The molecule has 68 valence electrons. The molecule has 0 saturated carbocycles. The summed E-state index contributed by atoms with van der Waals surface area (Å²) in [6.07, 6.45) is 3.39. The average Bonchev–Trinajstić information content (AvgIpc) is 2.70. The number of aromatic amines is 2. The Hall–Kier alpha value is -1.72. The zero-order valence-corrected chi connectivity index (χ0v) is 7.28. The summed E-state index contributed by atoms with van der Waals surface area (Å²) in [6, 6.07) is 0. The van der Waals surface area contributed by atoms with Crippen molar-refractivity contribution in [3.63, 3.8) is 0 Å². The first-order chi connectivity index (χ1) is 6.40. The highest BCUT2D eigenvalue weighted by molar-refractivity contribution is 5.40. The van der Waals surface area contributed by atoms with E-state index in [1.165, 1.54) is 6.33 Å². The second kappa shape index (κ2) is 3.34. The SMILES string of the molecule is CCCc1nc(-c2ncn[nH]2)n[nH]1. The Morgan fingerprint density at radius 3 is 3.00 bits per heavy atom. The molecule has 0 aliphatic heterocycles. The van der Waals surface area contributed by atoms with Gasteiger partial charge < -0.3 is 0 Å². The lowest BCUT2D eigenvalue weighted by molar-refractivity contribution is 0.841. The van der Waals surface area contributed by atoms with E-state index < -0.39 is 0 Å². The summed E-state index contributed by atoms with van der Waals surface area (Å²) in [5, 5.41) is 13.3. The third-order valence-electron chi connectivity index (χ3n) is 1.65. The van der Waals surface area contributed by atoms with E-state index in [1.54, 1.807) is 0 Å². The molecule has 0 aromatic carbocycles. The molecule has 13 heavy (non-hydrogen) atoms. The average molecular weight is 178 g/mol. The van der Waals surface area contributed by atoms with Gasteiger partial charge in [-0.05, 0) is 6.42 Å². The van der Waals surface area contributed by atoms with Gasteiger partial charge in [0.1, 0.15) is 12.2 Å². The van der Waals surface area contributed by atoms with Gasteiger partial charge in [-0.1, -0.05) is 6.92 Å². The number of aryl methyl sites for hydroxylation is 1. The van der Waals surface area contributed by atoms with Crippen molar-refractivity contribution in [2.24, 2.45) is 0 Å². The van der Waals surface area contributed by atoms with E-state index in [1.807, 2.05) is 0 Å². The molecule has 0 fully saturated rings. The summed E-state index contributed by atoms with van der Waals surface area (Å²) >= 11 is 0. The number of aromatic nitrogens is 6. The molecule has 0 aliphatic carbocycles. The van der Waals surface area contributed by atoms with Gasteiger partial charge in [-0.25, -0.2) is 9.97 Å². The molecule has 2 heterocycles. The van der Waals surface area contributed by atoms with Crippen molar-refractivity contribution < 1.29 is 0 Å². The zero-order chi connectivity index (χ0) is 9.10. The summed E-state index contributed by atoms with van der Waals surface area (Å²) in [6.45, 7) is 2.09. The summed E-state index contributed by atoms with van der Waals surface area (Å²) in [4.78, 5) is 8.19. The van der Waals surface area contributed by atoms with Gasteiger partial charge in [-0.2, -0.15) is 10.2 Å². The Balaban J connectivity index is 2.23. The number of nitrogens with zero attached hydrogens (tertiary/aromatic N) is 4. The number of H-pyrrole nitrogens is 2. The zero-order valence-electron chi connectivity index (χ0n) is 7.28. The molecule has 2 N–H and O–H groups in total. The molecule has 0 unspecified atom stereocenters. The van der Waals surface area contributed by atoms with Crippen LogP contribution in [-0.2, 0) is 6.42 Å². The molecule has 0 atom stereocenters. The maximum absolute atomic E-state index is 4.24. The normalized spacial score (nSPS) is 10.5. The summed E-state index contributed by atoms with van der Waals surface area (Å²) in [5.74, 6) is 2.05. The first kappa shape index (κ1) is 7.90. The van der Waals surface area contributed by atoms with Crippen molar-refractivity contribution in [1.29, 1.82) is 0 Å². The number of hydrogen-bond acceptors (Lipinski definition) is 4.